The number of carbonyl (C=O) groups is 1. The Labute approximate surface area is 160 Å². The van der Waals surface area contributed by atoms with E-state index in [9.17, 15) is 13.2 Å². The van der Waals surface area contributed by atoms with Crippen LogP contribution in [-0.2, 0) is 21.2 Å². The Morgan fingerprint density at radius 1 is 1.04 bits per heavy atom. The molecule has 0 radical (unpaired) electrons. The Hall–Kier alpha value is -2.38. The van der Waals surface area contributed by atoms with Gasteiger partial charge in [0.25, 0.3) is 0 Å². The minimum Gasteiger partial charge on any atom is -0.481 e. The smallest absolute Gasteiger partial charge is 0.307 e. The van der Waals surface area contributed by atoms with Crippen LogP contribution in [0.15, 0.2) is 47.4 Å². The van der Waals surface area contributed by atoms with Crippen LogP contribution in [0, 0.1) is 13.8 Å². The number of hydrogen-bond donors (Lipinski definition) is 1. The van der Waals surface area contributed by atoms with Gasteiger partial charge < -0.3 is 10.0 Å². The monoisotopic (exact) mass is 388 g/mol. The zero-order valence-electron chi connectivity index (χ0n) is 15.6. The van der Waals surface area contributed by atoms with E-state index in [1.54, 1.807) is 12.1 Å². The van der Waals surface area contributed by atoms with Crippen molar-refractivity contribution in [1.82, 2.24) is 4.31 Å². The maximum Gasteiger partial charge on any atom is 0.307 e. The van der Waals surface area contributed by atoms with Gasteiger partial charge >= 0.3 is 5.97 Å². The molecule has 1 saturated heterocycles. The average Bonchev–Trinajstić information content (AvgIpc) is 2.61. The van der Waals surface area contributed by atoms with Gasteiger partial charge in [-0.15, -0.1) is 0 Å². The molecular formula is C20H24N2O4S. The first-order valence-corrected chi connectivity index (χ1v) is 10.3. The van der Waals surface area contributed by atoms with Crippen molar-refractivity contribution in [2.45, 2.75) is 25.2 Å². The van der Waals surface area contributed by atoms with Gasteiger partial charge in [0, 0.05) is 31.9 Å². The predicted molar refractivity (Wildman–Crippen MR) is 105 cm³/mol. The molecule has 1 aliphatic rings. The lowest BCUT2D eigenvalue weighted by Gasteiger charge is -2.36. The van der Waals surface area contributed by atoms with E-state index in [0.717, 1.165) is 5.69 Å². The number of aliphatic carboxylic acids is 1. The molecule has 6 nitrogen and oxygen atoms in total. The van der Waals surface area contributed by atoms with Crippen molar-refractivity contribution in [2.75, 3.05) is 31.1 Å². The summed E-state index contributed by atoms with van der Waals surface area (Å²) in [4.78, 5) is 13.2. The Bertz CT molecular complexity index is 948. The van der Waals surface area contributed by atoms with Crippen LogP contribution in [0.4, 0.5) is 5.69 Å². The summed E-state index contributed by atoms with van der Waals surface area (Å²) in [5.41, 5.74) is 4.02. The van der Waals surface area contributed by atoms with E-state index in [0.29, 0.717) is 31.7 Å². The van der Waals surface area contributed by atoms with E-state index in [4.69, 9.17) is 5.11 Å². The van der Waals surface area contributed by atoms with Crippen LogP contribution in [0.2, 0.25) is 0 Å². The standard InChI is InChI=1S/C20H24N2O4S/c1-15-6-7-19(16(2)12-15)21-8-10-22(11-9-21)27(25,26)18-5-3-4-17(13-18)14-20(23)24/h3-7,12-13H,8-11,14H2,1-2H3,(H,23,24). The van der Waals surface area contributed by atoms with Crippen LogP contribution in [0.25, 0.3) is 0 Å². The number of carboxylic acids is 1. The molecule has 0 aromatic heterocycles. The SMILES string of the molecule is Cc1ccc(N2CCN(S(=O)(=O)c3cccc(CC(=O)O)c3)CC2)c(C)c1. The summed E-state index contributed by atoms with van der Waals surface area (Å²) >= 11 is 0. The summed E-state index contributed by atoms with van der Waals surface area (Å²) in [5, 5.41) is 8.92. The molecule has 0 aliphatic carbocycles. The molecule has 0 atom stereocenters. The number of aryl methyl sites for hydroxylation is 2. The number of benzene rings is 2. The van der Waals surface area contributed by atoms with Gasteiger partial charge in [-0.1, -0.05) is 29.8 Å². The highest BCUT2D eigenvalue weighted by atomic mass is 32.2. The van der Waals surface area contributed by atoms with E-state index in [2.05, 4.69) is 36.9 Å². The lowest BCUT2D eigenvalue weighted by Crippen LogP contribution is -2.48. The molecule has 1 aliphatic heterocycles. The second-order valence-electron chi connectivity index (χ2n) is 6.90. The molecule has 0 spiro atoms. The molecule has 1 fully saturated rings. The van der Waals surface area contributed by atoms with Crippen molar-refractivity contribution in [3.63, 3.8) is 0 Å². The topological polar surface area (TPSA) is 77.9 Å². The Kier molecular flexibility index (Phi) is 5.53. The Morgan fingerprint density at radius 2 is 1.74 bits per heavy atom. The molecule has 27 heavy (non-hydrogen) atoms. The van der Waals surface area contributed by atoms with Crippen LogP contribution in [-0.4, -0.2) is 50.0 Å². The average molecular weight is 388 g/mol. The molecule has 0 amide bonds. The zero-order valence-corrected chi connectivity index (χ0v) is 16.4. The summed E-state index contributed by atoms with van der Waals surface area (Å²) in [5.74, 6) is -0.980. The number of piperazine rings is 1. The van der Waals surface area contributed by atoms with Crippen LogP contribution >= 0.6 is 0 Å². The van der Waals surface area contributed by atoms with E-state index in [1.807, 2.05) is 0 Å². The highest BCUT2D eigenvalue weighted by Crippen LogP contribution is 2.25. The van der Waals surface area contributed by atoms with Gasteiger partial charge in [0.05, 0.1) is 11.3 Å². The number of hydrogen-bond acceptors (Lipinski definition) is 4. The van der Waals surface area contributed by atoms with Gasteiger partial charge in [0.2, 0.25) is 10.0 Å². The summed E-state index contributed by atoms with van der Waals surface area (Å²) in [6.07, 6.45) is -0.191. The van der Waals surface area contributed by atoms with Crippen molar-refractivity contribution in [3.05, 3.63) is 59.2 Å². The van der Waals surface area contributed by atoms with Crippen LogP contribution in [0.1, 0.15) is 16.7 Å². The van der Waals surface area contributed by atoms with Crippen molar-refractivity contribution in [3.8, 4) is 0 Å². The van der Waals surface area contributed by atoms with E-state index in [1.165, 1.54) is 27.6 Å². The molecule has 0 bridgehead atoms. The first-order chi connectivity index (χ1) is 12.8. The predicted octanol–water partition coefficient (Wildman–Crippen LogP) is 2.44. The largest absolute Gasteiger partial charge is 0.481 e. The van der Waals surface area contributed by atoms with Crippen LogP contribution in [0.3, 0.4) is 0 Å². The molecule has 2 aromatic carbocycles. The van der Waals surface area contributed by atoms with E-state index in [-0.39, 0.29) is 11.3 Å². The third-order valence-electron chi connectivity index (χ3n) is 4.82. The van der Waals surface area contributed by atoms with Crippen LogP contribution < -0.4 is 4.90 Å². The maximum atomic E-state index is 12.9. The highest BCUT2D eigenvalue weighted by Gasteiger charge is 2.29. The Morgan fingerprint density at radius 3 is 2.37 bits per heavy atom. The summed E-state index contributed by atoms with van der Waals surface area (Å²) in [7, 11) is -3.63. The van der Waals surface area contributed by atoms with Gasteiger partial charge in [-0.05, 0) is 43.2 Å². The number of anilines is 1. The number of sulfonamides is 1. The molecule has 3 rings (SSSR count). The lowest BCUT2D eigenvalue weighted by atomic mass is 10.1. The fourth-order valence-corrected chi connectivity index (χ4v) is 4.96. The molecule has 144 valence electrons. The van der Waals surface area contributed by atoms with Gasteiger partial charge in [-0.25, -0.2) is 8.42 Å². The van der Waals surface area contributed by atoms with E-state index >= 15 is 0 Å². The van der Waals surface area contributed by atoms with Gasteiger partial charge in [-0.3, -0.25) is 4.79 Å². The highest BCUT2D eigenvalue weighted by molar-refractivity contribution is 7.89. The summed E-state index contributed by atoms with van der Waals surface area (Å²) in [6.45, 7) is 6.17. The van der Waals surface area contributed by atoms with Crippen molar-refractivity contribution >= 4 is 21.7 Å². The summed E-state index contributed by atoms with van der Waals surface area (Å²) < 4.78 is 27.4. The first-order valence-electron chi connectivity index (χ1n) is 8.90. The molecular weight excluding hydrogens is 364 g/mol. The summed E-state index contributed by atoms with van der Waals surface area (Å²) in [6, 6.07) is 12.5. The van der Waals surface area contributed by atoms with Gasteiger partial charge in [0.15, 0.2) is 0 Å². The van der Waals surface area contributed by atoms with Crippen molar-refractivity contribution in [1.29, 1.82) is 0 Å². The van der Waals surface area contributed by atoms with Gasteiger partial charge in [0.1, 0.15) is 0 Å². The minimum absolute atomic E-state index is 0.154. The molecule has 0 saturated carbocycles. The molecule has 7 heteroatoms. The number of carboxylic acid groups (broad SMARTS) is 1. The maximum absolute atomic E-state index is 12.9. The second kappa shape index (κ2) is 7.70. The molecule has 0 unspecified atom stereocenters. The number of nitrogens with zero attached hydrogens (tertiary/aromatic N) is 2. The van der Waals surface area contributed by atoms with Gasteiger partial charge in [-0.2, -0.15) is 4.31 Å². The third-order valence-corrected chi connectivity index (χ3v) is 6.72. The second-order valence-corrected chi connectivity index (χ2v) is 8.84. The normalized spacial score (nSPS) is 15.7. The fourth-order valence-electron chi connectivity index (χ4n) is 3.47. The molecule has 1 N–H and O–H groups in total. The third kappa shape index (κ3) is 4.31. The number of rotatable bonds is 5. The van der Waals surface area contributed by atoms with Crippen LogP contribution in [0.5, 0.6) is 0 Å². The van der Waals surface area contributed by atoms with E-state index < -0.39 is 16.0 Å². The Balaban J connectivity index is 1.74. The zero-order chi connectivity index (χ0) is 19.6. The van der Waals surface area contributed by atoms with Crippen molar-refractivity contribution < 1.29 is 18.3 Å². The molecule has 1 heterocycles. The quantitative estimate of drug-likeness (QED) is 0.851. The molecule has 2 aromatic rings. The fraction of sp³-hybridized carbons (Fsp3) is 0.350. The minimum atomic E-state index is -3.63. The first kappa shape index (κ1) is 19.4. The lowest BCUT2D eigenvalue weighted by molar-refractivity contribution is -0.136. The van der Waals surface area contributed by atoms with Crippen molar-refractivity contribution in [2.24, 2.45) is 0 Å².